The quantitative estimate of drug-likeness (QED) is 0.506. The Hall–Kier alpha value is -3.26. The van der Waals surface area contributed by atoms with Gasteiger partial charge in [0.1, 0.15) is 11.8 Å². The highest BCUT2D eigenvalue weighted by atomic mass is 16.5. The fraction of sp³-hybridized carbons (Fsp3) is 0.417. The van der Waals surface area contributed by atoms with Crippen molar-refractivity contribution in [2.24, 2.45) is 0 Å². The molecule has 0 saturated carbocycles. The van der Waals surface area contributed by atoms with E-state index in [9.17, 15) is 9.59 Å². The summed E-state index contributed by atoms with van der Waals surface area (Å²) in [5.41, 5.74) is 1.65. The number of amides is 2. The number of nitrogens with one attached hydrogen (secondary N) is 1. The molecule has 0 aromatic heterocycles. The van der Waals surface area contributed by atoms with Gasteiger partial charge in [-0.3, -0.25) is 9.59 Å². The molecule has 8 heteroatoms. The summed E-state index contributed by atoms with van der Waals surface area (Å²) in [6.45, 7) is 2.78. The van der Waals surface area contributed by atoms with Crippen LogP contribution >= 0.6 is 0 Å². The van der Waals surface area contributed by atoms with E-state index in [1.54, 1.807) is 52.4 Å². The number of rotatable bonds is 12. The second-order valence-electron chi connectivity index (χ2n) is 7.20. The van der Waals surface area contributed by atoms with Crippen LogP contribution in [0.4, 0.5) is 0 Å². The average Bonchev–Trinajstić information content (AvgIpc) is 2.82. The van der Waals surface area contributed by atoms with Gasteiger partial charge in [-0.15, -0.1) is 0 Å². The summed E-state index contributed by atoms with van der Waals surface area (Å²) in [5.74, 6) is 1.44. The largest absolute Gasteiger partial charge is 0.497 e. The number of nitrogens with zero attached hydrogens (tertiary/aromatic N) is 1. The molecule has 0 aliphatic heterocycles. The first-order valence-electron chi connectivity index (χ1n) is 10.3. The van der Waals surface area contributed by atoms with Crippen LogP contribution in [0.15, 0.2) is 42.5 Å². The van der Waals surface area contributed by atoms with E-state index in [1.165, 1.54) is 0 Å². The van der Waals surface area contributed by atoms with Crippen LogP contribution in [0.1, 0.15) is 18.1 Å². The van der Waals surface area contributed by atoms with Crippen LogP contribution in [0.2, 0.25) is 0 Å². The minimum Gasteiger partial charge on any atom is -0.497 e. The molecular formula is C24H32N2O6. The van der Waals surface area contributed by atoms with Crippen LogP contribution in [0.25, 0.3) is 0 Å². The number of carbonyl (C=O) groups excluding carboxylic acids is 2. The molecule has 0 spiro atoms. The number of hydrogen-bond donors (Lipinski definition) is 1. The Labute approximate surface area is 189 Å². The summed E-state index contributed by atoms with van der Waals surface area (Å²) < 4.78 is 20.8. The molecule has 32 heavy (non-hydrogen) atoms. The highest BCUT2D eigenvalue weighted by Crippen LogP contribution is 2.28. The maximum Gasteiger partial charge on any atom is 0.242 e. The second-order valence-corrected chi connectivity index (χ2v) is 7.20. The molecule has 1 N–H and O–H groups in total. The lowest BCUT2D eigenvalue weighted by Crippen LogP contribution is -2.48. The maximum atomic E-state index is 13.3. The second kappa shape index (κ2) is 12.6. The van der Waals surface area contributed by atoms with Crippen LogP contribution in [0, 0.1) is 0 Å². The van der Waals surface area contributed by atoms with E-state index in [2.05, 4.69) is 5.32 Å². The molecule has 0 heterocycles. The van der Waals surface area contributed by atoms with Gasteiger partial charge in [-0.05, 0) is 42.3 Å². The third kappa shape index (κ3) is 6.88. The van der Waals surface area contributed by atoms with Crippen molar-refractivity contribution in [3.63, 3.8) is 0 Å². The minimum absolute atomic E-state index is 0.117. The number of ether oxygens (including phenoxy) is 4. The maximum absolute atomic E-state index is 13.3. The van der Waals surface area contributed by atoms with Crippen LogP contribution < -0.4 is 19.5 Å². The SMILES string of the molecule is COCCNC(=O)[C@@H](C)N(Cc1ccc(OC)cc1)C(=O)Cc1ccc(OC)c(OC)c1. The molecule has 2 aromatic carbocycles. The number of methoxy groups -OCH3 is 4. The summed E-state index contributed by atoms with van der Waals surface area (Å²) >= 11 is 0. The van der Waals surface area contributed by atoms with Gasteiger partial charge in [0.25, 0.3) is 0 Å². The summed E-state index contributed by atoms with van der Waals surface area (Å²) in [7, 11) is 6.27. The van der Waals surface area contributed by atoms with E-state index in [1.807, 2.05) is 30.3 Å². The zero-order chi connectivity index (χ0) is 23.5. The number of hydrogen-bond acceptors (Lipinski definition) is 6. The Morgan fingerprint density at radius 2 is 1.56 bits per heavy atom. The van der Waals surface area contributed by atoms with Crippen molar-refractivity contribution in [3.8, 4) is 17.2 Å². The van der Waals surface area contributed by atoms with E-state index in [0.29, 0.717) is 24.7 Å². The van der Waals surface area contributed by atoms with E-state index >= 15 is 0 Å². The minimum atomic E-state index is -0.665. The van der Waals surface area contributed by atoms with Crippen molar-refractivity contribution < 1.29 is 28.5 Å². The smallest absolute Gasteiger partial charge is 0.242 e. The van der Waals surface area contributed by atoms with Crippen molar-refractivity contribution in [2.45, 2.75) is 25.9 Å². The molecule has 2 amide bonds. The zero-order valence-electron chi connectivity index (χ0n) is 19.3. The molecule has 0 radical (unpaired) electrons. The predicted molar refractivity (Wildman–Crippen MR) is 121 cm³/mol. The third-order valence-electron chi connectivity index (χ3n) is 5.09. The van der Waals surface area contributed by atoms with Gasteiger partial charge in [-0.2, -0.15) is 0 Å². The fourth-order valence-corrected chi connectivity index (χ4v) is 3.20. The van der Waals surface area contributed by atoms with E-state index in [0.717, 1.165) is 16.9 Å². The average molecular weight is 445 g/mol. The van der Waals surface area contributed by atoms with E-state index < -0.39 is 6.04 Å². The van der Waals surface area contributed by atoms with Crippen LogP contribution in [-0.4, -0.2) is 64.3 Å². The number of benzene rings is 2. The zero-order valence-corrected chi connectivity index (χ0v) is 19.3. The lowest BCUT2D eigenvalue weighted by molar-refractivity contribution is -0.140. The molecule has 0 bridgehead atoms. The molecular weight excluding hydrogens is 412 g/mol. The van der Waals surface area contributed by atoms with Gasteiger partial charge >= 0.3 is 0 Å². The van der Waals surface area contributed by atoms with Crippen molar-refractivity contribution in [1.82, 2.24) is 10.2 Å². The Balaban J connectivity index is 2.23. The summed E-state index contributed by atoms with van der Waals surface area (Å²) in [6.07, 6.45) is 0.117. The summed E-state index contributed by atoms with van der Waals surface area (Å²) in [5, 5.41) is 2.81. The summed E-state index contributed by atoms with van der Waals surface area (Å²) in [4.78, 5) is 27.5. The van der Waals surface area contributed by atoms with E-state index in [-0.39, 0.29) is 24.8 Å². The Bertz CT molecular complexity index is 885. The molecule has 0 unspecified atom stereocenters. The van der Waals surface area contributed by atoms with Gasteiger partial charge in [0.15, 0.2) is 11.5 Å². The lowest BCUT2D eigenvalue weighted by Gasteiger charge is -2.29. The molecule has 174 valence electrons. The fourth-order valence-electron chi connectivity index (χ4n) is 3.20. The molecule has 1 atom stereocenters. The van der Waals surface area contributed by atoms with Gasteiger partial charge in [0.2, 0.25) is 11.8 Å². The van der Waals surface area contributed by atoms with Crippen LogP contribution in [0.5, 0.6) is 17.2 Å². The topological polar surface area (TPSA) is 86.3 Å². The van der Waals surface area contributed by atoms with Gasteiger partial charge in [-0.25, -0.2) is 0 Å². The van der Waals surface area contributed by atoms with Gasteiger partial charge in [0, 0.05) is 20.2 Å². The van der Waals surface area contributed by atoms with Gasteiger partial charge in [0.05, 0.1) is 34.4 Å². The lowest BCUT2D eigenvalue weighted by atomic mass is 10.1. The first-order valence-corrected chi connectivity index (χ1v) is 10.3. The normalized spacial score (nSPS) is 11.4. The highest BCUT2D eigenvalue weighted by Gasteiger charge is 2.26. The molecule has 0 saturated heterocycles. The first kappa shape index (κ1) is 25.0. The summed E-state index contributed by atoms with van der Waals surface area (Å²) in [6, 6.07) is 12.1. The predicted octanol–water partition coefficient (Wildman–Crippen LogP) is 2.43. The third-order valence-corrected chi connectivity index (χ3v) is 5.09. The molecule has 8 nitrogen and oxygen atoms in total. The van der Waals surface area contributed by atoms with E-state index in [4.69, 9.17) is 18.9 Å². The van der Waals surface area contributed by atoms with Gasteiger partial charge in [-0.1, -0.05) is 18.2 Å². The van der Waals surface area contributed by atoms with Crippen molar-refractivity contribution >= 4 is 11.8 Å². The standard InChI is InChI=1S/C24H32N2O6/c1-17(24(28)25-12-13-29-2)26(16-18-6-9-20(30-3)10-7-18)23(27)15-19-8-11-21(31-4)22(14-19)32-5/h6-11,14,17H,12-13,15-16H2,1-5H3,(H,25,28)/t17-/m1/s1. The number of carbonyl (C=O) groups is 2. The molecule has 0 aliphatic rings. The van der Waals surface area contributed by atoms with Crippen molar-refractivity contribution in [3.05, 3.63) is 53.6 Å². The molecule has 2 rings (SSSR count). The Kier molecular flexibility index (Phi) is 9.81. The van der Waals surface area contributed by atoms with Crippen molar-refractivity contribution in [2.75, 3.05) is 41.6 Å². The molecule has 2 aromatic rings. The van der Waals surface area contributed by atoms with Gasteiger partial charge < -0.3 is 29.2 Å². The van der Waals surface area contributed by atoms with Crippen LogP contribution in [-0.2, 0) is 27.3 Å². The first-order chi connectivity index (χ1) is 15.4. The highest BCUT2D eigenvalue weighted by molar-refractivity contribution is 5.88. The Morgan fingerprint density at radius 3 is 2.16 bits per heavy atom. The Morgan fingerprint density at radius 1 is 0.906 bits per heavy atom. The molecule has 0 aliphatic carbocycles. The van der Waals surface area contributed by atoms with Crippen LogP contribution in [0.3, 0.4) is 0 Å². The monoisotopic (exact) mass is 444 g/mol. The van der Waals surface area contributed by atoms with Crippen molar-refractivity contribution in [1.29, 1.82) is 0 Å². The molecule has 0 fully saturated rings.